The molecule has 1 aromatic carbocycles. The van der Waals surface area contributed by atoms with E-state index in [-0.39, 0.29) is 5.56 Å². The Morgan fingerprint density at radius 1 is 1.11 bits per heavy atom. The number of hydrogen-bond donors (Lipinski definition) is 1. The van der Waals surface area contributed by atoms with Crippen molar-refractivity contribution in [3.05, 3.63) is 35.9 Å². The van der Waals surface area contributed by atoms with Crippen molar-refractivity contribution in [2.45, 2.75) is 39.0 Å². The third kappa shape index (κ3) is 3.35. The van der Waals surface area contributed by atoms with Crippen LogP contribution >= 0.6 is 0 Å². The van der Waals surface area contributed by atoms with Crippen LogP contribution < -0.4 is 0 Å². The predicted octanol–water partition coefficient (Wildman–Crippen LogP) is 3.44. The summed E-state index contributed by atoms with van der Waals surface area (Å²) in [5.41, 5.74) is -4.40. The molecule has 1 N–H and O–H groups in total. The molecular weight excluding hydrogens is 257 g/mol. The van der Waals surface area contributed by atoms with E-state index >= 15 is 0 Å². The van der Waals surface area contributed by atoms with Crippen LogP contribution in [0.2, 0.25) is 0 Å². The first-order valence-corrected chi connectivity index (χ1v) is 5.86. The monoisotopic (exact) mass is 274 g/mol. The van der Waals surface area contributed by atoms with Crippen LogP contribution in [-0.2, 0) is 10.4 Å². The molecule has 0 bridgehead atoms. The highest BCUT2D eigenvalue weighted by atomic mass is 19.4. The molecule has 2 nitrogen and oxygen atoms in total. The summed E-state index contributed by atoms with van der Waals surface area (Å²) in [6, 6.07) is 6.68. The van der Waals surface area contributed by atoms with E-state index in [4.69, 9.17) is 0 Å². The van der Waals surface area contributed by atoms with Gasteiger partial charge in [-0.1, -0.05) is 51.1 Å². The van der Waals surface area contributed by atoms with Gasteiger partial charge in [0.1, 0.15) is 5.78 Å². The van der Waals surface area contributed by atoms with E-state index in [9.17, 15) is 23.1 Å². The van der Waals surface area contributed by atoms with Crippen LogP contribution in [0.15, 0.2) is 30.3 Å². The molecule has 1 aromatic rings. The number of Topliss-reactive ketones (excluding diaryl/α,β-unsaturated/α-hetero) is 1. The topological polar surface area (TPSA) is 37.3 Å². The fourth-order valence-electron chi connectivity index (χ4n) is 1.58. The minimum absolute atomic E-state index is 0.319. The van der Waals surface area contributed by atoms with Gasteiger partial charge in [-0.3, -0.25) is 4.79 Å². The van der Waals surface area contributed by atoms with E-state index in [0.29, 0.717) is 0 Å². The fourth-order valence-corrected chi connectivity index (χ4v) is 1.58. The Balaban J connectivity index is 3.21. The first kappa shape index (κ1) is 15.7. The van der Waals surface area contributed by atoms with E-state index in [1.54, 1.807) is 6.07 Å². The number of hydrogen-bond acceptors (Lipinski definition) is 2. The van der Waals surface area contributed by atoms with Gasteiger partial charge in [0, 0.05) is 11.8 Å². The lowest BCUT2D eigenvalue weighted by molar-refractivity contribution is -0.267. The molecular formula is C14H17F3O2. The number of aliphatic hydroxyl groups is 1. The number of alkyl halides is 3. The number of benzene rings is 1. The molecule has 0 aromatic heterocycles. The van der Waals surface area contributed by atoms with Crippen LogP contribution in [0, 0.1) is 5.41 Å². The van der Waals surface area contributed by atoms with Crippen LogP contribution in [-0.4, -0.2) is 17.1 Å². The smallest absolute Gasteiger partial charge is 0.376 e. The lowest BCUT2D eigenvalue weighted by atomic mass is 9.80. The minimum Gasteiger partial charge on any atom is -0.376 e. The quantitative estimate of drug-likeness (QED) is 0.916. The first-order chi connectivity index (χ1) is 8.48. The van der Waals surface area contributed by atoms with Gasteiger partial charge in [-0.2, -0.15) is 13.2 Å². The highest BCUT2D eigenvalue weighted by Gasteiger charge is 2.56. The van der Waals surface area contributed by atoms with Gasteiger partial charge in [-0.15, -0.1) is 0 Å². The predicted molar refractivity (Wildman–Crippen MR) is 65.5 cm³/mol. The molecule has 0 aliphatic heterocycles. The SMILES string of the molecule is CC(C)(C)C(=O)C[C@@](O)(c1ccccc1)C(F)(F)F. The maximum absolute atomic E-state index is 13.1. The van der Waals surface area contributed by atoms with Crippen LogP contribution in [0.1, 0.15) is 32.8 Å². The number of halogens is 3. The Labute approximate surface area is 110 Å². The molecule has 0 aliphatic rings. The van der Waals surface area contributed by atoms with Crippen molar-refractivity contribution in [2.75, 3.05) is 0 Å². The lowest BCUT2D eigenvalue weighted by Gasteiger charge is -2.32. The van der Waals surface area contributed by atoms with Gasteiger partial charge in [-0.25, -0.2) is 0 Å². The normalized spacial score (nSPS) is 15.9. The van der Waals surface area contributed by atoms with Crippen molar-refractivity contribution >= 4 is 5.78 Å². The zero-order valence-corrected chi connectivity index (χ0v) is 11.1. The van der Waals surface area contributed by atoms with Gasteiger partial charge in [0.15, 0.2) is 5.60 Å². The van der Waals surface area contributed by atoms with E-state index in [0.717, 1.165) is 0 Å². The standard InChI is InChI=1S/C14H17F3O2/c1-12(2,3)11(18)9-13(19,14(15,16)17)10-7-5-4-6-8-10/h4-8,19H,9H2,1-3H3/t13-/m1/s1. The molecule has 0 radical (unpaired) electrons. The molecule has 0 spiro atoms. The summed E-state index contributed by atoms with van der Waals surface area (Å²) < 4.78 is 39.4. The summed E-state index contributed by atoms with van der Waals surface area (Å²) in [4.78, 5) is 11.8. The summed E-state index contributed by atoms with van der Waals surface area (Å²) in [5, 5.41) is 10.0. The zero-order valence-electron chi connectivity index (χ0n) is 11.1. The molecule has 19 heavy (non-hydrogen) atoms. The van der Waals surface area contributed by atoms with E-state index in [2.05, 4.69) is 0 Å². The third-order valence-corrected chi connectivity index (χ3v) is 2.97. The average Bonchev–Trinajstić information content (AvgIpc) is 2.27. The van der Waals surface area contributed by atoms with E-state index in [1.807, 2.05) is 0 Å². The minimum atomic E-state index is -4.91. The van der Waals surface area contributed by atoms with Crippen molar-refractivity contribution in [1.29, 1.82) is 0 Å². The van der Waals surface area contributed by atoms with Crippen molar-refractivity contribution in [1.82, 2.24) is 0 Å². The number of ketones is 1. The Morgan fingerprint density at radius 2 is 1.58 bits per heavy atom. The Kier molecular flexibility index (Phi) is 4.10. The van der Waals surface area contributed by atoms with Crippen molar-refractivity contribution in [3.8, 4) is 0 Å². The van der Waals surface area contributed by atoms with E-state index in [1.165, 1.54) is 45.0 Å². The highest BCUT2D eigenvalue weighted by molar-refractivity contribution is 5.84. The van der Waals surface area contributed by atoms with Crippen LogP contribution in [0.3, 0.4) is 0 Å². The van der Waals surface area contributed by atoms with Gasteiger partial charge < -0.3 is 5.11 Å². The Hall–Kier alpha value is -1.36. The molecule has 0 amide bonds. The molecule has 0 heterocycles. The van der Waals surface area contributed by atoms with Gasteiger partial charge >= 0.3 is 6.18 Å². The van der Waals surface area contributed by atoms with Crippen LogP contribution in [0.25, 0.3) is 0 Å². The largest absolute Gasteiger partial charge is 0.421 e. The average molecular weight is 274 g/mol. The summed E-state index contributed by atoms with van der Waals surface area (Å²) in [7, 11) is 0. The fraction of sp³-hybridized carbons (Fsp3) is 0.500. The van der Waals surface area contributed by atoms with Gasteiger partial charge in [0.25, 0.3) is 0 Å². The molecule has 0 saturated heterocycles. The molecule has 0 aliphatic carbocycles. The Morgan fingerprint density at radius 3 is 1.95 bits per heavy atom. The number of carbonyl (C=O) groups is 1. The van der Waals surface area contributed by atoms with Gasteiger partial charge in [0.2, 0.25) is 0 Å². The third-order valence-electron chi connectivity index (χ3n) is 2.97. The molecule has 0 fully saturated rings. The Bertz CT molecular complexity index is 446. The second-order valence-corrected chi connectivity index (χ2v) is 5.57. The van der Waals surface area contributed by atoms with Crippen LogP contribution in [0.5, 0.6) is 0 Å². The van der Waals surface area contributed by atoms with Gasteiger partial charge in [0.05, 0.1) is 0 Å². The lowest BCUT2D eigenvalue weighted by Crippen LogP contribution is -2.45. The second-order valence-electron chi connectivity index (χ2n) is 5.57. The highest BCUT2D eigenvalue weighted by Crippen LogP contribution is 2.43. The summed E-state index contributed by atoms with van der Waals surface area (Å²) >= 11 is 0. The maximum atomic E-state index is 13.1. The maximum Gasteiger partial charge on any atom is 0.421 e. The number of rotatable bonds is 3. The van der Waals surface area contributed by atoms with Crippen LogP contribution in [0.4, 0.5) is 13.2 Å². The molecule has 0 unspecified atom stereocenters. The van der Waals surface area contributed by atoms with Crippen molar-refractivity contribution in [2.24, 2.45) is 5.41 Å². The zero-order chi connectivity index (χ0) is 14.9. The summed E-state index contributed by atoms with van der Waals surface area (Å²) in [5.74, 6) is -0.642. The number of carbonyl (C=O) groups excluding carboxylic acids is 1. The molecule has 1 atom stereocenters. The second kappa shape index (κ2) is 4.96. The van der Waals surface area contributed by atoms with Gasteiger partial charge in [-0.05, 0) is 5.56 Å². The van der Waals surface area contributed by atoms with Crippen molar-refractivity contribution in [3.63, 3.8) is 0 Å². The van der Waals surface area contributed by atoms with Crippen molar-refractivity contribution < 1.29 is 23.1 Å². The molecule has 106 valence electrons. The molecule has 0 saturated carbocycles. The first-order valence-electron chi connectivity index (χ1n) is 5.86. The van der Waals surface area contributed by atoms with E-state index < -0.39 is 29.4 Å². The molecule has 5 heteroatoms. The summed E-state index contributed by atoms with van der Waals surface area (Å²) in [6.45, 7) is 4.57. The summed E-state index contributed by atoms with van der Waals surface area (Å²) in [6.07, 6.45) is -5.89. The molecule has 1 rings (SSSR count).